The maximum atomic E-state index is 11.2. The van der Waals surface area contributed by atoms with Crippen molar-refractivity contribution in [1.82, 2.24) is 0 Å². The Morgan fingerprint density at radius 2 is 1.36 bits per heavy atom. The van der Waals surface area contributed by atoms with E-state index >= 15 is 0 Å². The van der Waals surface area contributed by atoms with Gasteiger partial charge in [0, 0.05) is 0 Å². The SMILES string of the molecule is COC(=O)C1OCCOC1C(=O)OC. The molecule has 0 aromatic rings. The van der Waals surface area contributed by atoms with Crippen LogP contribution < -0.4 is 0 Å². The topological polar surface area (TPSA) is 71.1 Å². The van der Waals surface area contributed by atoms with Gasteiger partial charge in [-0.15, -0.1) is 0 Å². The molecule has 0 spiro atoms. The van der Waals surface area contributed by atoms with E-state index in [1.807, 2.05) is 0 Å². The van der Waals surface area contributed by atoms with Gasteiger partial charge >= 0.3 is 11.9 Å². The minimum Gasteiger partial charge on any atom is -0.467 e. The lowest BCUT2D eigenvalue weighted by Gasteiger charge is -2.27. The van der Waals surface area contributed by atoms with Crippen molar-refractivity contribution in [2.45, 2.75) is 12.2 Å². The number of carbonyl (C=O) groups excluding carboxylic acids is 2. The van der Waals surface area contributed by atoms with Crippen LogP contribution >= 0.6 is 0 Å². The molecule has 0 aromatic carbocycles. The van der Waals surface area contributed by atoms with Crippen LogP contribution in [0.15, 0.2) is 0 Å². The molecule has 0 aromatic heterocycles. The van der Waals surface area contributed by atoms with Gasteiger partial charge in [-0.05, 0) is 0 Å². The van der Waals surface area contributed by atoms with E-state index in [-0.39, 0.29) is 13.2 Å². The van der Waals surface area contributed by atoms with Crippen LogP contribution in [0.3, 0.4) is 0 Å². The lowest BCUT2D eigenvalue weighted by molar-refractivity contribution is -0.196. The number of hydrogen-bond donors (Lipinski definition) is 0. The summed E-state index contributed by atoms with van der Waals surface area (Å²) >= 11 is 0. The molecule has 2 unspecified atom stereocenters. The third-order valence-electron chi connectivity index (χ3n) is 1.82. The Bertz CT molecular complexity index is 202. The smallest absolute Gasteiger partial charge is 0.338 e. The molecule has 1 aliphatic rings. The predicted molar refractivity (Wildman–Crippen MR) is 43.5 cm³/mol. The molecule has 1 saturated heterocycles. The van der Waals surface area contributed by atoms with Crippen LogP contribution in [0.4, 0.5) is 0 Å². The van der Waals surface area contributed by atoms with Crippen LogP contribution in [0.1, 0.15) is 0 Å². The number of methoxy groups -OCH3 is 2. The summed E-state index contributed by atoms with van der Waals surface area (Å²) in [6.07, 6.45) is -2.05. The second-order valence-corrected chi connectivity index (χ2v) is 2.63. The predicted octanol–water partition coefficient (Wildman–Crippen LogP) is -0.884. The van der Waals surface area contributed by atoms with E-state index in [4.69, 9.17) is 9.47 Å². The molecule has 2 atom stereocenters. The van der Waals surface area contributed by atoms with Gasteiger partial charge in [-0.3, -0.25) is 0 Å². The highest BCUT2D eigenvalue weighted by atomic mass is 16.6. The van der Waals surface area contributed by atoms with Crippen molar-refractivity contribution in [2.75, 3.05) is 27.4 Å². The summed E-state index contributed by atoms with van der Waals surface area (Å²) in [6.45, 7) is 0.514. The number of rotatable bonds is 2. The van der Waals surface area contributed by atoms with E-state index in [9.17, 15) is 9.59 Å². The zero-order chi connectivity index (χ0) is 10.6. The molecule has 0 saturated carbocycles. The summed E-state index contributed by atoms with van der Waals surface area (Å²) in [4.78, 5) is 22.3. The zero-order valence-electron chi connectivity index (χ0n) is 8.02. The van der Waals surface area contributed by atoms with Gasteiger partial charge in [0.2, 0.25) is 0 Å². The number of carbonyl (C=O) groups is 2. The molecule has 0 radical (unpaired) electrons. The minimum absolute atomic E-state index is 0.257. The van der Waals surface area contributed by atoms with Gasteiger partial charge in [0.25, 0.3) is 0 Å². The first-order chi connectivity index (χ1) is 6.70. The van der Waals surface area contributed by atoms with Crippen LogP contribution in [0.2, 0.25) is 0 Å². The summed E-state index contributed by atoms with van der Waals surface area (Å²) in [6, 6.07) is 0. The van der Waals surface area contributed by atoms with Gasteiger partial charge in [-0.1, -0.05) is 0 Å². The molecule has 1 heterocycles. The molecular formula is C8H12O6. The second kappa shape index (κ2) is 4.92. The monoisotopic (exact) mass is 204 g/mol. The fraction of sp³-hybridized carbons (Fsp3) is 0.750. The zero-order valence-corrected chi connectivity index (χ0v) is 8.02. The summed E-state index contributed by atoms with van der Waals surface area (Å²) < 4.78 is 19.1. The summed E-state index contributed by atoms with van der Waals surface area (Å²) in [7, 11) is 2.43. The Hall–Kier alpha value is -1.14. The van der Waals surface area contributed by atoms with Crippen molar-refractivity contribution in [2.24, 2.45) is 0 Å². The standard InChI is InChI=1S/C8H12O6/c1-11-7(9)5-6(8(10)12-2)14-4-3-13-5/h5-6H,3-4H2,1-2H3. The fourth-order valence-corrected chi connectivity index (χ4v) is 1.14. The summed E-state index contributed by atoms with van der Waals surface area (Å²) in [5.74, 6) is -1.28. The molecule has 6 nitrogen and oxygen atoms in total. The molecule has 6 heteroatoms. The first-order valence-electron chi connectivity index (χ1n) is 4.09. The van der Waals surface area contributed by atoms with Crippen LogP contribution in [-0.2, 0) is 28.5 Å². The van der Waals surface area contributed by atoms with E-state index < -0.39 is 24.1 Å². The molecule has 14 heavy (non-hydrogen) atoms. The second-order valence-electron chi connectivity index (χ2n) is 2.63. The van der Waals surface area contributed by atoms with E-state index in [2.05, 4.69) is 9.47 Å². The van der Waals surface area contributed by atoms with E-state index in [0.717, 1.165) is 0 Å². The molecule has 1 rings (SSSR count). The van der Waals surface area contributed by atoms with Crippen LogP contribution in [0.5, 0.6) is 0 Å². The molecule has 1 fully saturated rings. The summed E-state index contributed by atoms with van der Waals surface area (Å²) in [5, 5.41) is 0. The average Bonchev–Trinajstić information content (AvgIpc) is 2.27. The fourth-order valence-electron chi connectivity index (χ4n) is 1.14. The van der Waals surface area contributed by atoms with Crippen molar-refractivity contribution < 1.29 is 28.5 Å². The van der Waals surface area contributed by atoms with Gasteiger partial charge in [-0.25, -0.2) is 9.59 Å². The number of ether oxygens (including phenoxy) is 4. The highest BCUT2D eigenvalue weighted by Crippen LogP contribution is 2.12. The maximum Gasteiger partial charge on any atom is 0.338 e. The highest BCUT2D eigenvalue weighted by Gasteiger charge is 2.39. The first-order valence-corrected chi connectivity index (χ1v) is 4.09. The molecule has 0 bridgehead atoms. The summed E-state index contributed by atoms with van der Waals surface area (Å²) in [5.41, 5.74) is 0. The molecule has 0 aliphatic carbocycles. The normalized spacial score (nSPS) is 26.7. The van der Waals surface area contributed by atoms with Crippen LogP contribution in [-0.4, -0.2) is 51.6 Å². The number of hydrogen-bond acceptors (Lipinski definition) is 6. The van der Waals surface area contributed by atoms with Gasteiger partial charge in [-0.2, -0.15) is 0 Å². The molecule has 0 amide bonds. The number of esters is 2. The van der Waals surface area contributed by atoms with E-state index in [0.29, 0.717) is 0 Å². The Labute approximate surface area is 81.1 Å². The molecule has 1 aliphatic heterocycles. The Balaban J connectivity index is 2.68. The lowest BCUT2D eigenvalue weighted by atomic mass is 10.2. The quantitative estimate of drug-likeness (QED) is 0.544. The largest absolute Gasteiger partial charge is 0.467 e. The highest BCUT2D eigenvalue weighted by molar-refractivity contribution is 5.85. The van der Waals surface area contributed by atoms with Crippen molar-refractivity contribution in [3.8, 4) is 0 Å². The third kappa shape index (κ3) is 2.21. The Morgan fingerprint density at radius 1 is 1.00 bits per heavy atom. The van der Waals surface area contributed by atoms with E-state index in [1.54, 1.807) is 0 Å². The van der Waals surface area contributed by atoms with Crippen LogP contribution in [0, 0.1) is 0 Å². The van der Waals surface area contributed by atoms with Crippen molar-refractivity contribution in [3.05, 3.63) is 0 Å². The average molecular weight is 204 g/mol. The minimum atomic E-state index is -1.03. The Kier molecular flexibility index (Phi) is 3.84. The van der Waals surface area contributed by atoms with Crippen molar-refractivity contribution in [3.63, 3.8) is 0 Å². The van der Waals surface area contributed by atoms with Crippen molar-refractivity contribution in [1.29, 1.82) is 0 Å². The van der Waals surface area contributed by atoms with E-state index in [1.165, 1.54) is 14.2 Å². The van der Waals surface area contributed by atoms with Gasteiger partial charge in [0.05, 0.1) is 27.4 Å². The third-order valence-corrected chi connectivity index (χ3v) is 1.82. The molecule has 80 valence electrons. The molecular weight excluding hydrogens is 192 g/mol. The van der Waals surface area contributed by atoms with Gasteiger partial charge < -0.3 is 18.9 Å². The Morgan fingerprint density at radius 3 is 1.64 bits per heavy atom. The van der Waals surface area contributed by atoms with Crippen molar-refractivity contribution >= 4 is 11.9 Å². The van der Waals surface area contributed by atoms with Crippen LogP contribution in [0.25, 0.3) is 0 Å². The van der Waals surface area contributed by atoms with Gasteiger partial charge in [0.1, 0.15) is 0 Å². The van der Waals surface area contributed by atoms with Gasteiger partial charge in [0.15, 0.2) is 12.2 Å². The maximum absolute atomic E-state index is 11.2. The molecule has 0 N–H and O–H groups in total. The first kappa shape index (κ1) is 10.9. The lowest BCUT2D eigenvalue weighted by Crippen LogP contribution is -2.49.